The molecule has 0 amide bonds. The summed E-state index contributed by atoms with van der Waals surface area (Å²) in [7, 11) is 1.95. The minimum atomic E-state index is 0.0192. The van der Waals surface area contributed by atoms with Gasteiger partial charge >= 0.3 is 0 Å². The molecule has 0 atom stereocenters. The summed E-state index contributed by atoms with van der Waals surface area (Å²) in [6, 6.07) is 5.30. The van der Waals surface area contributed by atoms with Crippen molar-refractivity contribution in [3.8, 4) is 0 Å². The van der Waals surface area contributed by atoms with Crippen molar-refractivity contribution >= 4 is 22.5 Å². The molecule has 2 rings (SSSR count). The summed E-state index contributed by atoms with van der Waals surface area (Å²) in [5, 5.41) is 4.40. The Morgan fingerprint density at radius 3 is 2.65 bits per heavy atom. The van der Waals surface area contributed by atoms with Crippen LogP contribution in [-0.2, 0) is 13.0 Å². The fourth-order valence-corrected chi connectivity index (χ4v) is 2.82. The van der Waals surface area contributed by atoms with Crippen LogP contribution in [0.3, 0.4) is 0 Å². The van der Waals surface area contributed by atoms with E-state index in [2.05, 4.69) is 26.1 Å². The number of hydrogen-bond acceptors (Lipinski definition) is 3. The smallest absolute Gasteiger partial charge is 0.261 e. The van der Waals surface area contributed by atoms with Gasteiger partial charge in [-0.05, 0) is 50.0 Å². The Hall–Kier alpha value is -1.39. The molecule has 0 unspecified atom stereocenters. The van der Waals surface area contributed by atoms with Crippen molar-refractivity contribution < 1.29 is 0 Å². The van der Waals surface area contributed by atoms with Crippen LogP contribution >= 0.6 is 11.6 Å². The van der Waals surface area contributed by atoms with Crippen LogP contribution in [0.4, 0.5) is 0 Å². The maximum absolute atomic E-state index is 12.9. The van der Waals surface area contributed by atoms with Crippen LogP contribution in [0.5, 0.6) is 0 Å². The normalized spacial score (nSPS) is 12.0. The second-order valence-corrected chi connectivity index (χ2v) is 7.64. The number of rotatable bonds is 6. The molecule has 126 valence electrons. The number of nitrogens with one attached hydrogen (secondary N) is 1. The first-order valence-electron chi connectivity index (χ1n) is 8.15. The first kappa shape index (κ1) is 18.0. The third-order valence-corrected chi connectivity index (χ3v) is 3.94. The molecule has 0 saturated heterocycles. The number of fused-ring (bicyclic) bond motifs is 1. The van der Waals surface area contributed by atoms with Gasteiger partial charge in [-0.15, -0.1) is 0 Å². The molecule has 1 aromatic carbocycles. The fourth-order valence-electron chi connectivity index (χ4n) is 2.65. The Balaban J connectivity index is 2.47. The molecule has 23 heavy (non-hydrogen) atoms. The summed E-state index contributed by atoms with van der Waals surface area (Å²) >= 11 is 6.06. The van der Waals surface area contributed by atoms with E-state index >= 15 is 0 Å². The largest absolute Gasteiger partial charge is 0.320 e. The Kier molecular flexibility index (Phi) is 5.82. The molecule has 0 aliphatic carbocycles. The first-order valence-corrected chi connectivity index (χ1v) is 8.53. The van der Waals surface area contributed by atoms with Crippen molar-refractivity contribution in [2.45, 2.75) is 46.6 Å². The summed E-state index contributed by atoms with van der Waals surface area (Å²) in [5.41, 5.74) is 0.743. The van der Waals surface area contributed by atoms with Crippen molar-refractivity contribution in [2.24, 2.45) is 5.41 Å². The molecule has 1 aromatic heterocycles. The highest BCUT2D eigenvalue weighted by Gasteiger charge is 2.17. The average molecular weight is 336 g/mol. The number of benzene rings is 1. The molecule has 5 heteroatoms. The van der Waals surface area contributed by atoms with Crippen LogP contribution in [0.25, 0.3) is 10.9 Å². The fraction of sp³-hybridized carbons (Fsp3) is 0.556. The number of nitrogens with zero attached hydrogens (tertiary/aromatic N) is 2. The quantitative estimate of drug-likeness (QED) is 0.820. The van der Waals surface area contributed by atoms with E-state index in [0.717, 1.165) is 31.6 Å². The highest BCUT2D eigenvalue weighted by Crippen LogP contribution is 2.20. The molecule has 0 aliphatic rings. The van der Waals surface area contributed by atoms with Gasteiger partial charge in [-0.2, -0.15) is 0 Å². The lowest BCUT2D eigenvalue weighted by molar-refractivity contribution is 0.330. The van der Waals surface area contributed by atoms with Gasteiger partial charge in [-0.3, -0.25) is 9.36 Å². The maximum atomic E-state index is 12.9. The van der Waals surface area contributed by atoms with Crippen LogP contribution in [0.2, 0.25) is 5.02 Å². The lowest BCUT2D eigenvalue weighted by atomic mass is 9.96. The van der Waals surface area contributed by atoms with Crippen LogP contribution in [-0.4, -0.2) is 23.1 Å². The van der Waals surface area contributed by atoms with Gasteiger partial charge < -0.3 is 5.32 Å². The Morgan fingerprint density at radius 2 is 2.00 bits per heavy atom. The van der Waals surface area contributed by atoms with Gasteiger partial charge in [0.25, 0.3) is 5.56 Å². The SMILES string of the molecule is CNCCCCc1nc2cc(Cl)ccc2c(=O)n1CC(C)(C)C. The van der Waals surface area contributed by atoms with E-state index in [9.17, 15) is 4.79 Å². The number of hydrogen-bond donors (Lipinski definition) is 1. The Morgan fingerprint density at radius 1 is 1.26 bits per heavy atom. The predicted molar refractivity (Wildman–Crippen MR) is 97.3 cm³/mol. The zero-order valence-corrected chi connectivity index (χ0v) is 15.2. The van der Waals surface area contributed by atoms with Gasteiger partial charge in [0.15, 0.2) is 0 Å². The zero-order valence-electron chi connectivity index (χ0n) is 14.4. The molecule has 0 radical (unpaired) electrons. The zero-order chi connectivity index (χ0) is 17.0. The van der Waals surface area contributed by atoms with Crippen LogP contribution in [0.15, 0.2) is 23.0 Å². The van der Waals surface area contributed by atoms with Crippen molar-refractivity contribution in [3.63, 3.8) is 0 Å². The molecular formula is C18H26ClN3O. The van der Waals surface area contributed by atoms with Crippen molar-refractivity contribution in [1.29, 1.82) is 0 Å². The van der Waals surface area contributed by atoms with Gasteiger partial charge in [-0.25, -0.2) is 4.98 Å². The van der Waals surface area contributed by atoms with Crippen LogP contribution in [0.1, 0.15) is 39.4 Å². The van der Waals surface area contributed by atoms with Crippen molar-refractivity contribution in [3.05, 3.63) is 39.4 Å². The number of unbranched alkanes of at least 4 members (excludes halogenated alkanes) is 1. The van der Waals surface area contributed by atoms with Crippen molar-refractivity contribution in [1.82, 2.24) is 14.9 Å². The lowest BCUT2D eigenvalue weighted by Gasteiger charge is -2.22. The van der Waals surface area contributed by atoms with E-state index < -0.39 is 0 Å². The van der Waals surface area contributed by atoms with Crippen LogP contribution < -0.4 is 10.9 Å². The summed E-state index contributed by atoms with van der Waals surface area (Å²) in [5.74, 6) is 0.857. The molecule has 0 spiro atoms. The van der Waals surface area contributed by atoms with Gasteiger partial charge in [0.1, 0.15) is 5.82 Å². The van der Waals surface area contributed by atoms with Crippen molar-refractivity contribution in [2.75, 3.05) is 13.6 Å². The minimum Gasteiger partial charge on any atom is -0.320 e. The number of halogens is 1. The summed E-state index contributed by atoms with van der Waals surface area (Å²) < 4.78 is 1.84. The number of aromatic nitrogens is 2. The van der Waals surface area contributed by atoms with Gasteiger partial charge in [0.05, 0.1) is 10.9 Å². The second-order valence-electron chi connectivity index (χ2n) is 7.20. The lowest BCUT2D eigenvalue weighted by Crippen LogP contribution is -2.30. The Bertz CT molecular complexity index is 731. The average Bonchev–Trinajstić information content (AvgIpc) is 2.46. The Labute approximate surface area is 142 Å². The highest BCUT2D eigenvalue weighted by atomic mass is 35.5. The molecule has 0 aliphatic heterocycles. The molecule has 0 bridgehead atoms. The standard InChI is InChI=1S/C18H26ClN3O/c1-18(2,3)12-22-16(7-5-6-10-20-4)21-15-11-13(19)8-9-14(15)17(22)23/h8-9,11,20H,5-7,10,12H2,1-4H3. The third kappa shape index (κ3) is 4.79. The van der Waals surface area contributed by atoms with Crippen LogP contribution in [0, 0.1) is 5.41 Å². The molecule has 0 saturated carbocycles. The first-order chi connectivity index (χ1) is 10.8. The van der Waals surface area contributed by atoms with E-state index in [1.54, 1.807) is 18.2 Å². The van der Waals surface area contributed by atoms with Gasteiger partial charge in [0, 0.05) is 18.0 Å². The maximum Gasteiger partial charge on any atom is 0.261 e. The molecule has 4 nitrogen and oxygen atoms in total. The third-order valence-electron chi connectivity index (χ3n) is 3.71. The summed E-state index contributed by atoms with van der Waals surface area (Å²) in [6.45, 7) is 8.05. The molecule has 2 aromatic rings. The monoisotopic (exact) mass is 335 g/mol. The molecule has 0 fully saturated rings. The van der Waals surface area contributed by atoms with Gasteiger partial charge in [-0.1, -0.05) is 32.4 Å². The van der Waals surface area contributed by atoms with E-state index in [0.29, 0.717) is 22.5 Å². The number of aryl methyl sites for hydroxylation is 1. The molecule has 1 N–H and O–H groups in total. The van der Waals surface area contributed by atoms with E-state index in [4.69, 9.17) is 16.6 Å². The van der Waals surface area contributed by atoms with E-state index in [1.807, 2.05) is 11.6 Å². The topological polar surface area (TPSA) is 46.9 Å². The molecular weight excluding hydrogens is 310 g/mol. The minimum absolute atomic E-state index is 0.0192. The van der Waals surface area contributed by atoms with Gasteiger partial charge in [0.2, 0.25) is 0 Å². The predicted octanol–water partition coefficient (Wildman–Crippen LogP) is 3.64. The summed E-state index contributed by atoms with van der Waals surface area (Å²) in [6.07, 6.45) is 2.87. The molecule has 1 heterocycles. The van der Waals surface area contributed by atoms with E-state index in [1.165, 1.54) is 0 Å². The highest BCUT2D eigenvalue weighted by molar-refractivity contribution is 6.31. The van der Waals surface area contributed by atoms with E-state index in [-0.39, 0.29) is 11.0 Å². The second kappa shape index (κ2) is 7.45. The summed E-state index contributed by atoms with van der Waals surface area (Å²) in [4.78, 5) is 17.6.